The van der Waals surface area contributed by atoms with Gasteiger partial charge in [-0.05, 0) is 82.1 Å². The Balaban J connectivity index is 1.28. The zero-order valence-corrected chi connectivity index (χ0v) is 27.3. The second-order valence-corrected chi connectivity index (χ2v) is 13.6. The maximum Gasteiger partial charge on any atom is 0.143 e. The molecule has 2 heterocycles. The molecule has 2 nitrogen and oxygen atoms in total. The largest absolute Gasteiger partial charge is 0.455 e. The van der Waals surface area contributed by atoms with Crippen LogP contribution in [0, 0.1) is 0 Å². The third-order valence-electron chi connectivity index (χ3n) is 9.64. The standard InChI is InChI=1S/C46H29NOS/c1-3-12-30(13-4-1)31-22-24-34(25-23-31)47(35-26-27-43-39(29-35)37-18-9-10-21-42(37)49-43)40-19-11-20-41-45(40)44-36-17-8-7-16-33(36)28-38(46(44)48-41)32-14-5-2-6-15-32/h1-29H. The molecule has 10 rings (SSSR count). The van der Waals surface area contributed by atoms with E-state index in [0.717, 1.165) is 50.1 Å². The van der Waals surface area contributed by atoms with E-state index in [0.29, 0.717) is 0 Å². The SMILES string of the molecule is c1ccc(-c2ccc(N(c3ccc4sc5ccccc5c4c3)c3cccc4oc5c(-c6ccccc6)cc6ccccc6c5c34)cc2)cc1. The molecule has 0 amide bonds. The Morgan fingerprint density at radius 2 is 1.08 bits per heavy atom. The number of rotatable bonds is 5. The molecule has 0 unspecified atom stereocenters. The number of hydrogen-bond donors (Lipinski definition) is 0. The van der Waals surface area contributed by atoms with Crippen molar-refractivity contribution in [2.75, 3.05) is 4.90 Å². The molecule has 2 aromatic heterocycles. The molecule has 0 fully saturated rings. The molecule has 49 heavy (non-hydrogen) atoms. The number of nitrogens with zero attached hydrogens (tertiary/aromatic N) is 1. The van der Waals surface area contributed by atoms with Crippen molar-refractivity contribution in [3.8, 4) is 22.3 Å². The predicted octanol–water partition coefficient (Wildman–Crippen LogP) is 13.9. The summed E-state index contributed by atoms with van der Waals surface area (Å²) in [6, 6.07) is 63.1. The minimum Gasteiger partial charge on any atom is -0.455 e. The third-order valence-corrected chi connectivity index (χ3v) is 10.8. The van der Waals surface area contributed by atoms with E-state index in [9.17, 15) is 0 Å². The van der Waals surface area contributed by atoms with Crippen LogP contribution in [0.1, 0.15) is 0 Å². The molecule has 230 valence electrons. The number of furan rings is 1. The average Bonchev–Trinajstić information content (AvgIpc) is 3.75. The second kappa shape index (κ2) is 11.2. The van der Waals surface area contributed by atoms with Gasteiger partial charge in [0.2, 0.25) is 0 Å². The fourth-order valence-corrected chi connectivity index (χ4v) is 8.47. The molecule has 0 radical (unpaired) electrons. The molecule has 0 aliphatic rings. The highest BCUT2D eigenvalue weighted by molar-refractivity contribution is 7.25. The quantitative estimate of drug-likeness (QED) is 0.186. The molecule has 0 atom stereocenters. The van der Waals surface area contributed by atoms with Crippen LogP contribution in [0.5, 0.6) is 0 Å². The van der Waals surface area contributed by atoms with E-state index in [1.807, 2.05) is 11.3 Å². The van der Waals surface area contributed by atoms with Crippen LogP contribution in [0.4, 0.5) is 17.1 Å². The maximum absolute atomic E-state index is 6.88. The molecular weight excluding hydrogens is 615 g/mol. The van der Waals surface area contributed by atoms with Crippen molar-refractivity contribution in [3.05, 3.63) is 176 Å². The summed E-state index contributed by atoms with van der Waals surface area (Å²) in [4.78, 5) is 2.40. The molecule has 0 aliphatic carbocycles. The van der Waals surface area contributed by atoms with E-state index >= 15 is 0 Å². The van der Waals surface area contributed by atoms with E-state index < -0.39 is 0 Å². The van der Waals surface area contributed by atoms with Crippen LogP contribution >= 0.6 is 11.3 Å². The Hall–Kier alpha value is -6.16. The van der Waals surface area contributed by atoms with Gasteiger partial charge in [0, 0.05) is 42.5 Å². The van der Waals surface area contributed by atoms with Gasteiger partial charge in [-0.15, -0.1) is 11.3 Å². The van der Waals surface area contributed by atoms with Gasteiger partial charge in [-0.25, -0.2) is 0 Å². The van der Waals surface area contributed by atoms with Gasteiger partial charge in [0.05, 0.1) is 11.1 Å². The Morgan fingerprint density at radius 3 is 1.90 bits per heavy atom. The summed E-state index contributed by atoms with van der Waals surface area (Å²) in [5.74, 6) is 0. The Kier molecular flexibility index (Phi) is 6.39. The summed E-state index contributed by atoms with van der Waals surface area (Å²) >= 11 is 1.85. The van der Waals surface area contributed by atoms with Gasteiger partial charge < -0.3 is 9.32 Å². The summed E-state index contributed by atoms with van der Waals surface area (Å²) in [5, 5.41) is 7.17. The number of fused-ring (bicyclic) bond motifs is 8. The highest BCUT2D eigenvalue weighted by atomic mass is 32.1. The minimum atomic E-state index is 0.869. The van der Waals surface area contributed by atoms with Gasteiger partial charge in [0.1, 0.15) is 11.2 Å². The lowest BCUT2D eigenvalue weighted by Crippen LogP contribution is -2.10. The Bertz CT molecular complexity index is 2810. The van der Waals surface area contributed by atoms with Crippen LogP contribution in [-0.4, -0.2) is 0 Å². The van der Waals surface area contributed by atoms with Crippen LogP contribution in [0.3, 0.4) is 0 Å². The van der Waals surface area contributed by atoms with Crippen molar-refractivity contribution >= 4 is 81.3 Å². The van der Waals surface area contributed by atoms with E-state index in [1.54, 1.807) is 0 Å². The summed E-state index contributed by atoms with van der Waals surface area (Å²) in [6.07, 6.45) is 0. The van der Waals surface area contributed by atoms with Gasteiger partial charge in [-0.1, -0.05) is 121 Å². The van der Waals surface area contributed by atoms with Crippen molar-refractivity contribution in [1.29, 1.82) is 0 Å². The summed E-state index contributed by atoms with van der Waals surface area (Å²) < 4.78 is 9.47. The highest BCUT2D eigenvalue weighted by Gasteiger charge is 2.23. The lowest BCUT2D eigenvalue weighted by molar-refractivity contribution is 0.670. The van der Waals surface area contributed by atoms with Gasteiger partial charge in [0.15, 0.2) is 0 Å². The van der Waals surface area contributed by atoms with Crippen molar-refractivity contribution in [3.63, 3.8) is 0 Å². The van der Waals surface area contributed by atoms with Crippen LogP contribution in [0.2, 0.25) is 0 Å². The van der Waals surface area contributed by atoms with Gasteiger partial charge >= 0.3 is 0 Å². The topological polar surface area (TPSA) is 16.4 Å². The zero-order valence-electron chi connectivity index (χ0n) is 26.5. The third kappa shape index (κ3) is 4.55. The fraction of sp³-hybridized carbons (Fsp3) is 0. The van der Waals surface area contributed by atoms with Gasteiger partial charge in [-0.2, -0.15) is 0 Å². The van der Waals surface area contributed by atoms with Crippen LogP contribution < -0.4 is 4.90 Å². The van der Waals surface area contributed by atoms with Gasteiger partial charge in [0.25, 0.3) is 0 Å². The van der Waals surface area contributed by atoms with Crippen molar-refractivity contribution in [2.24, 2.45) is 0 Å². The molecule has 0 aliphatic heterocycles. The molecule has 0 saturated heterocycles. The van der Waals surface area contributed by atoms with Crippen LogP contribution in [0.25, 0.3) is 75.1 Å². The van der Waals surface area contributed by atoms with E-state index in [-0.39, 0.29) is 0 Å². The van der Waals surface area contributed by atoms with E-state index in [4.69, 9.17) is 4.42 Å². The first-order chi connectivity index (χ1) is 24.3. The van der Waals surface area contributed by atoms with Crippen molar-refractivity contribution < 1.29 is 4.42 Å². The first-order valence-corrected chi connectivity index (χ1v) is 17.4. The molecule has 0 N–H and O–H groups in total. The number of thiophene rings is 1. The normalized spacial score (nSPS) is 11.7. The maximum atomic E-state index is 6.88. The smallest absolute Gasteiger partial charge is 0.143 e. The first-order valence-electron chi connectivity index (χ1n) is 16.6. The molecule has 8 aromatic carbocycles. The number of hydrogen-bond acceptors (Lipinski definition) is 3. The Morgan fingerprint density at radius 1 is 0.429 bits per heavy atom. The monoisotopic (exact) mass is 643 g/mol. The molecular formula is C46H29NOS. The molecule has 0 bridgehead atoms. The zero-order chi connectivity index (χ0) is 32.3. The molecule has 3 heteroatoms. The van der Waals surface area contributed by atoms with Crippen LogP contribution in [0.15, 0.2) is 180 Å². The summed E-state index contributed by atoms with van der Waals surface area (Å²) in [7, 11) is 0. The van der Waals surface area contributed by atoms with E-state index in [2.05, 4.69) is 181 Å². The van der Waals surface area contributed by atoms with Crippen LogP contribution in [-0.2, 0) is 0 Å². The lowest BCUT2D eigenvalue weighted by Gasteiger charge is -2.26. The van der Waals surface area contributed by atoms with E-state index in [1.165, 1.54) is 42.1 Å². The molecule has 10 aromatic rings. The average molecular weight is 644 g/mol. The Labute approximate surface area is 287 Å². The highest BCUT2D eigenvalue weighted by Crippen LogP contribution is 2.48. The summed E-state index contributed by atoms with van der Waals surface area (Å²) in [6.45, 7) is 0. The minimum absolute atomic E-state index is 0.869. The number of anilines is 3. The molecule has 0 saturated carbocycles. The summed E-state index contributed by atoms with van der Waals surface area (Å²) in [5.41, 5.74) is 9.68. The van der Waals surface area contributed by atoms with Crippen molar-refractivity contribution in [1.82, 2.24) is 0 Å². The predicted molar refractivity (Wildman–Crippen MR) is 210 cm³/mol. The number of benzene rings is 8. The second-order valence-electron chi connectivity index (χ2n) is 12.5. The molecule has 0 spiro atoms. The lowest BCUT2D eigenvalue weighted by atomic mass is 9.95. The van der Waals surface area contributed by atoms with Gasteiger partial charge in [-0.3, -0.25) is 0 Å². The van der Waals surface area contributed by atoms with Crippen molar-refractivity contribution in [2.45, 2.75) is 0 Å². The first kappa shape index (κ1) is 27.9. The fourth-order valence-electron chi connectivity index (χ4n) is 7.38.